The van der Waals surface area contributed by atoms with Crippen molar-refractivity contribution in [2.75, 3.05) is 23.3 Å². The molecule has 3 N–H and O–H groups in total. The van der Waals surface area contributed by atoms with Crippen LogP contribution in [0.1, 0.15) is 29.6 Å². The van der Waals surface area contributed by atoms with Crippen LogP contribution in [0.25, 0.3) is 0 Å². The van der Waals surface area contributed by atoms with E-state index in [4.69, 9.17) is 5.73 Å². The fraction of sp³-hybridized carbons (Fsp3) is 0.312. The minimum atomic E-state index is -1.46. The number of carboxylic acids is 1. The number of anilines is 2. The summed E-state index contributed by atoms with van der Waals surface area (Å²) in [5.41, 5.74) is 6.75. The molecule has 0 aliphatic carbocycles. The van der Waals surface area contributed by atoms with Gasteiger partial charge in [0.2, 0.25) is 11.8 Å². The molecule has 0 spiro atoms. The van der Waals surface area contributed by atoms with Crippen molar-refractivity contribution in [3.05, 3.63) is 35.9 Å². The predicted octanol–water partition coefficient (Wildman–Crippen LogP) is 0.0204. The third-order valence-corrected chi connectivity index (χ3v) is 3.61. The van der Waals surface area contributed by atoms with Crippen LogP contribution in [-0.2, 0) is 9.59 Å². The number of primary amides is 1. The largest absolute Gasteiger partial charge is 0.545 e. The highest BCUT2D eigenvalue weighted by molar-refractivity contribution is 6.05. The summed E-state index contributed by atoms with van der Waals surface area (Å²) in [5.74, 6) is -2.67. The van der Waals surface area contributed by atoms with Gasteiger partial charge in [-0.1, -0.05) is 0 Å². The highest BCUT2D eigenvalue weighted by atomic mass is 16.4. The number of nitrogens with two attached hydrogens (primary N) is 1. The predicted molar refractivity (Wildman–Crippen MR) is 83.8 cm³/mol. The summed E-state index contributed by atoms with van der Waals surface area (Å²) in [4.78, 5) is 35.6. The summed E-state index contributed by atoms with van der Waals surface area (Å²) in [5, 5.41) is 13.0. The number of nitrogens with zero attached hydrogens (tertiary/aromatic N) is 1. The van der Waals surface area contributed by atoms with Gasteiger partial charge in [-0.2, -0.15) is 0 Å². The molecule has 2 amide bonds. The first-order valence-electron chi connectivity index (χ1n) is 7.36. The first-order valence-corrected chi connectivity index (χ1v) is 7.36. The summed E-state index contributed by atoms with van der Waals surface area (Å²) in [6.07, 6.45) is 4.77. The molecule has 0 bridgehead atoms. The molecule has 7 nitrogen and oxygen atoms in total. The van der Waals surface area contributed by atoms with E-state index in [1.807, 2.05) is 0 Å². The second-order valence-corrected chi connectivity index (χ2v) is 5.29. The van der Waals surface area contributed by atoms with Crippen LogP contribution in [0.3, 0.4) is 0 Å². The van der Waals surface area contributed by atoms with Crippen molar-refractivity contribution < 1.29 is 19.5 Å². The van der Waals surface area contributed by atoms with E-state index in [1.54, 1.807) is 12.1 Å². The Morgan fingerprint density at radius 1 is 1.13 bits per heavy atom. The van der Waals surface area contributed by atoms with Crippen LogP contribution in [0, 0.1) is 0 Å². The number of carbonyl (C=O) groups excluding carboxylic acids is 3. The maximum absolute atomic E-state index is 11.8. The van der Waals surface area contributed by atoms with Gasteiger partial charge in [-0.15, -0.1) is 0 Å². The van der Waals surface area contributed by atoms with Crippen LogP contribution in [0.4, 0.5) is 11.4 Å². The van der Waals surface area contributed by atoms with Gasteiger partial charge in [0.15, 0.2) is 0 Å². The highest BCUT2D eigenvalue weighted by Crippen LogP contribution is 2.29. The third-order valence-electron chi connectivity index (χ3n) is 3.61. The molecule has 1 aromatic rings. The van der Waals surface area contributed by atoms with Crippen LogP contribution in [-0.4, -0.2) is 30.9 Å². The minimum Gasteiger partial charge on any atom is -0.545 e. The van der Waals surface area contributed by atoms with E-state index in [2.05, 4.69) is 10.2 Å². The number of aliphatic carboxylic acids is 1. The summed E-state index contributed by atoms with van der Waals surface area (Å²) >= 11 is 0. The number of piperidine rings is 1. The monoisotopic (exact) mass is 316 g/mol. The number of rotatable bonds is 5. The van der Waals surface area contributed by atoms with Crippen molar-refractivity contribution in [1.82, 2.24) is 0 Å². The van der Waals surface area contributed by atoms with Crippen molar-refractivity contribution in [2.45, 2.75) is 19.3 Å². The molecule has 1 saturated heterocycles. The fourth-order valence-electron chi connectivity index (χ4n) is 2.52. The number of amides is 2. The Hall–Kier alpha value is -2.83. The molecule has 122 valence electrons. The van der Waals surface area contributed by atoms with Crippen molar-refractivity contribution in [1.29, 1.82) is 0 Å². The molecule has 2 rings (SSSR count). The molecular formula is C16H18N3O4-. The van der Waals surface area contributed by atoms with Crippen molar-refractivity contribution in [2.24, 2.45) is 5.73 Å². The summed E-state index contributed by atoms with van der Waals surface area (Å²) in [7, 11) is 0. The van der Waals surface area contributed by atoms with Gasteiger partial charge in [0.05, 0.1) is 17.3 Å². The van der Waals surface area contributed by atoms with Crippen LogP contribution < -0.4 is 21.1 Å². The molecule has 0 unspecified atom stereocenters. The van der Waals surface area contributed by atoms with Crippen LogP contribution >= 0.6 is 0 Å². The number of carboxylic acid groups (broad SMARTS) is 1. The fourth-order valence-corrected chi connectivity index (χ4v) is 2.52. The van der Waals surface area contributed by atoms with Crippen molar-refractivity contribution in [3.8, 4) is 0 Å². The zero-order valence-corrected chi connectivity index (χ0v) is 12.6. The Kier molecular flexibility index (Phi) is 5.35. The molecule has 7 heteroatoms. The van der Waals surface area contributed by atoms with E-state index in [0.29, 0.717) is 11.8 Å². The average Bonchev–Trinajstić information content (AvgIpc) is 2.53. The zero-order valence-electron chi connectivity index (χ0n) is 12.6. The van der Waals surface area contributed by atoms with Crippen LogP contribution in [0.15, 0.2) is 30.4 Å². The topological polar surface area (TPSA) is 116 Å². The first-order chi connectivity index (χ1) is 11.0. The van der Waals surface area contributed by atoms with Crippen LogP contribution in [0.2, 0.25) is 0 Å². The lowest BCUT2D eigenvalue weighted by Crippen LogP contribution is -2.30. The average molecular weight is 316 g/mol. The molecule has 1 heterocycles. The Morgan fingerprint density at radius 2 is 1.83 bits per heavy atom. The lowest BCUT2D eigenvalue weighted by Gasteiger charge is -2.30. The van der Waals surface area contributed by atoms with E-state index in [9.17, 15) is 19.5 Å². The molecule has 1 aliphatic heterocycles. The van der Waals surface area contributed by atoms with Gasteiger partial charge in [0.1, 0.15) is 0 Å². The molecule has 23 heavy (non-hydrogen) atoms. The molecule has 1 fully saturated rings. The molecule has 0 atom stereocenters. The van der Waals surface area contributed by atoms with Gasteiger partial charge in [-0.25, -0.2) is 0 Å². The standard InChI is InChI=1S/C16H19N3O4/c17-16(23)11-4-5-13(19-8-2-1-3-9-19)12(10-11)18-14(20)6-7-15(21)22/h4-7,10H,1-3,8-9H2,(H2,17,23)(H,18,20)(H,21,22)/p-1/b7-6-. The molecular weight excluding hydrogens is 298 g/mol. The number of nitrogens with one attached hydrogen (secondary N) is 1. The maximum Gasteiger partial charge on any atom is 0.248 e. The zero-order chi connectivity index (χ0) is 16.8. The third kappa shape index (κ3) is 4.57. The van der Waals surface area contributed by atoms with Gasteiger partial charge in [-0.05, 0) is 43.5 Å². The minimum absolute atomic E-state index is 0.268. The quantitative estimate of drug-likeness (QED) is 0.743. The highest BCUT2D eigenvalue weighted by Gasteiger charge is 2.17. The maximum atomic E-state index is 11.8. The molecule has 0 radical (unpaired) electrons. The Labute approximate surface area is 133 Å². The molecule has 0 aromatic heterocycles. The number of hydrogen-bond donors (Lipinski definition) is 2. The first kappa shape index (κ1) is 16.5. The van der Waals surface area contributed by atoms with Crippen molar-refractivity contribution >= 4 is 29.2 Å². The van der Waals surface area contributed by atoms with Gasteiger partial charge in [0.25, 0.3) is 0 Å². The molecule has 1 aliphatic rings. The number of carbonyl (C=O) groups is 3. The lowest BCUT2D eigenvalue weighted by atomic mass is 10.1. The van der Waals surface area contributed by atoms with Gasteiger partial charge >= 0.3 is 0 Å². The number of hydrogen-bond acceptors (Lipinski definition) is 5. The van der Waals surface area contributed by atoms with E-state index in [0.717, 1.165) is 44.1 Å². The Morgan fingerprint density at radius 3 is 2.43 bits per heavy atom. The van der Waals surface area contributed by atoms with E-state index in [-0.39, 0.29) is 5.56 Å². The van der Waals surface area contributed by atoms with Crippen molar-refractivity contribution in [3.63, 3.8) is 0 Å². The molecule has 1 aromatic carbocycles. The smallest absolute Gasteiger partial charge is 0.248 e. The summed E-state index contributed by atoms with van der Waals surface area (Å²) in [6, 6.07) is 4.85. The second-order valence-electron chi connectivity index (χ2n) is 5.29. The van der Waals surface area contributed by atoms with E-state index >= 15 is 0 Å². The van der Waals surface area contributed by atoms with E-state index in [1.165, 1.54) is 6.07 Å². The lowest BCUT2D eigenvalue weighted by molar-refractivity contribution is -0.297. The van der Waals surface area contributed by atoms with Gasteiger partial charge < -0.3 is 25.9 Å². The van der Waals surface area contributed by atoms with E-state index < -0.39 is 17.8 Å². The second kappa shape index (κ2) is 7.44. The van der Waals surface area contributed by atoms with Crippen LogP contribution in [0.5, 0.6) is 0 Å². The SMILES string of the molecule is NC(=O)c1ccc(N2CCCCC2)c(NC(=O)/C=C\C(=O)[O-])c1. The van der Waals surface area contributed by atoms with Gasteiger partial charge in [0, 0.05) is 24.7 Å². The van der Waals surface area contributed by atoms with Gasteiger partial charge in [-0.3, -0.25) is 9.59 Å². The number of benzene rings is 1. The normalized spacial score (nSPS) is 14.7. The Balaban J connectivity index is 2.28. The summed E-state index contributed by atoms with van der Waals surface area (Å²) < 4.78 is 0. The Bertz CT molecular complexity index is 649. The molecule has 0 saturated carbocycles. The summed E-state index contributed by atoms with van der Waals surface area (Å²) in [6.45, 7) is 1.71.